The molecular formula is C37H45FN2O6. The van der Waals surface area contributed by atoms with E-state index in [0.717, 1.165) is 42.6 Å². The average Bonchev–Trinajstić information content (AvgIpc) is 3.66. The molecule has 0 saturated carbocycles. The maximum atomic E-state index is 14.5. The summed E-state index contributed by atoms with van der Waals surface area (Å²) in [5.74, 6) is -0.470. The number of carboxylic acids is 1. The molecule has 2 heterocycles. The summed E-state index contributed by atoms with van der Waals surface area (Å²) in [5, 5.41) is 10.7. The number of aryl methyl sites for hydroxylation is 2. The van der Waals surface area contributed by atoms with Crippen LogP contribution >= 0.6 is 0 Å². The fraction of sp³-hybridized carbons (Fsp3) is 0.459. The summed E-state index contributed by atoms with van der Waals surface area (Å²) < 4.78 is 31.1. The molecule has 8 nitrogen and oxygen atoms in total. The third-order valence-electron chi connectivity index (χ3n) is 9.40. The highest BCUT2D eigenvalue weighted by Crippen LogP contribution is 2.43. The summed E-state index contributed by atoms with van der Waals surface area (Å²) in [6, 6.07) is 17.7. The van der Waals surface area contributed by atoms with Crippen LogP contribution in [0.5, 0.6) is 17.2 Å². The van der Waals surface area contributed by atoms with Crippen molar-refractivity contribution in [3.8, 4) is 17.2 Å². The van der Waals surface area contributed by atoms with Crippen LogP contribution in [0.15, 0.2) is 60.7 Å². The topological polar surface area (TPSA) is 88.5 Å². The van der Waals surface area contributed by atoms with E-state index in [0.29, 0.717) is 42.1 Å². The van der Waals surface area contributed by atoms with Gasteiger partial charge in [0.05, 0.1) is 19.6 Å². The molecule has 2 aliphatic heterocycles. The van der Waals surface area contributed by atoms with Crippen LogP contribution in [0.25, 0.3) is 0 Å². The zero-order valence-corrected chi connectivity index (χ0v) is 27.2. The normalized spacial score (nSPS) is 19.0. The molecule has 3 aromatic rings. The molecule has 246 valence electrons. The first-order chi connectivity index (χ1) is 22.2. The van der Waals surface area contributed by atoms with Crippen molar-refractivity contribution in [3.05, 3.63) is 83.2 Å². The Bertz CT molecular complexity index is 1520. The van der Waals surface area contributed by atoms with Crippen LogP contribution in [-0.2, 0) is 16.0 Å². The van der Waals surface area contributed by atoms with Crippen LogP contribution in [0.3, 0.4) is 0 Å². The summed E-state index contributed by atoms with van der Waals surface area (Å²) >= 11 is 0. The molecule has 0 radical (unpaired) electrons. The number of halogens is 1. The van der Waals surface area contributed by atoms with E-state index in [1.54, 1.807) is 26.2 Å². The lowest BCUT2D eigenvalue weighted by molar-refractivity contribution is -0.143. The Morgan fingerprint density at radius 2 is 1.78 bits per heavy atom. The van der Waals surface area contributed by atoms with Crippen LogP contribution in [0, 0.1) is 18.7 Å². The van der Waals surface area contributed by atoms with Crippen molar-refractivity contribution in [2.75, 3.05) is 31.9 Å². The van der Waals surface area contributed by atoms with Crippen molar-refractivity contribution < 1.29 is 33.3 Å². The number of anilines is 1. The van der Waals surface area contributed by atoms with Crippen molar-refractivity contribution in [1.82, 2.24) is 4.90 Å². The van der Waals surface area contributed by atoms with Crippen molar-refractivity contribution in [2.24, 2.45) is 5.92 Å². The smallest absolute Gasteiger partial charge is 0.308 e. The predicted octanol–water partition coefficient (Wildman–Crippen LogP) is 6.97. The summed E-state index contributed by atoms with van der Waals surface area (Å²) in [5.41, 5.74) is 2.98. The number of rotatable bonds is 14. The number of carbonyl (C=O) groups is 2. The largest absolute Gasteiger partial charge is 0.496 e. The minimum absolute atomic E-state index is 0.0434. The van der Waals surface area contributed by atoms with Gasteiger partial charge in [0.1, 0.15) is 11.6 Å². The molecule has 3 unspecified atom stereocenters. The van der Waals surface area contributed by atoms with Crippen LogP contribution in [0.4, 0.5) is 10.1 Å². The van der Waals surface area contributed by atoms with Gasteiger partial charge in [0, 0.05) is 30.2 Å². The van der Waals surface area contributed by atoms with Gasteiger partial charge < -0.3 is 24.2 Å². The quantitative estimate of drug-likeness (QED) is 0.205. The van der Waals surface area contributed by atoms with E-state index in [1.165, 1.54) is 6.07 Å². The van der Waals surface area contributed by atoms with E-state index in [4.69, 9.17) is 14.2 Å². The highest BCUT2D eigenvalue weighted by molar-refractivity contribution is 5.95. The van der Waals surface area contributed by atoms with Crippen molar-refractivity contribution >= 4 is 17.6 Å². The summed E-state index contributed by atoms with van der Waals surface area (Å²) in [6.07, 6.45) is 4.52. The Morgan fingerprint density at radius 1 is 1.04 bits per heavy atom. The number of carboxylic acid groups (broad SMARTS) is 1. The summed E-state index contributed by atoms with van der Waals surface area (Å²) in [4.78, 5) is 31.4. The lowest BCUT2D eigenvalue weighted by Gasteiger charge is -2.35. The molecule has 46 heavy (non-hydrogen) atoms. The molecule has 1 saturated heterocycles. The highest BCUT2D eigenvalue weighted by atomic mass is 19.1. The van der Waals surface area contributed by atoms with Gasteiger partial charge in [-0.3, -0.25) is 14.5 Å². The number of ether oxygens (including phenoxy) is 3. The third kappa shape index (κ3) is 7.15. The molecule has 9 heteroatoms. The fourth-order valence-corrected chi connectivity index (χ4v) is 7.20. The van der Waals surface area contributed by atoms with E-state index in [9.17, 15) is 19.1 Å². The van der Waals surface area contributed by atoms with Crippen LogP contribution < -0.4 is 19.1 Å². The molecule has 0 bridgehead atoms. The van der Waals surface area contributed by atoms with Gasteiger partial charge in [0.2, 0.25) is 12.7 Å². The number of benzene rings is 3. The molecule has 1 amide bonds. The van der Waals surface area contributed by atoms with Gasteiger partial charge in [-0.25, -0.2) is 4.39 Å². The molecule has 5 rings (SSSR count). The second-order valence-corrected chi connectivity index (χ2v) is 12.4. The first-order valence-corrected chi connectivity index (χ1v) is 16.3. The Hall–Kier alpha value is -4.11. The van der Waals surface area contributed by atoms with E-state index in [1.807, 2.05) is 52.3 Å². The minimum Gasteiger partial charge on any atom is -0.496 e. The van der Waals surface area contributed by atoms with E-state index >= 15 is 0 Å². The third-order valence-corrected chi connectivity index (χ3v) is 9.40. The number of fused-ring (bicyclic) bond motifs is 1. The Labute approximate surface area is 271 Å². The molecule has 1 fully saturated rings. The van der Waals surface area contributed by atoms with Gasteiger partial charge in [0.25, 0.3) is 0 Å². The molecule has 1 N–H and O–H groups in total. The monoisotopic (exact) mass is 632 g/mol. The van der Waals surface area contributed by atoms with Crippen molar-refractivity contribution in [3.63, 3.8) is 0 Å². The molecule has 0 aromatic heterocycles. The van der Waals surface area contributed by atoms with E-state index < -0.39 is 17.9 Å². The second kappa shape index (κ2) is 15.0. The number of nitrogens with zero attached hydrogens (tertiary/aromatic N) is 2. The van der Waals surface area contributed by atoms with Crippen LogP contribution in [0.2, 0.25) is 0 Å². The number of hydrogen-bond acceptors (Lipinski definition) is 6. The highest BCUT2D eigenvalue weighted by Gasteiger charge is 2.47. The summed E-state index contributed by atoms with van der Waals surface area (Å²) in [6.45, 7) is 6.47. The van der Waals surface area contributed by atoms with Gasteiger partial charge in [-0.05, 0) is 85.7 Å². The SMILES string of the molecule is CCCC(CCC)N(C(=O)CN1CC(c2ccc3c(c2)OCO3)C(C(=O)O)C1CCc1ccccc1OC)c1ccc(F)c(C)c1. The fourth-order valence-electron chi connectivity index (χ4n) is 7.20. The van der Waals surface area contributed by atoms with E-state index in [2.05, 4.69) is 13.8 Å². The lowest BCUT2D eigenvalue weighted by Crippen LogP contribution is -2.48. The molecular weight excluding hydrogens is 587 g/mol. The lowest BCUT2D eigenvalue weighted by atomic mass is 9.83. The molecule has 2 aliphatic rings. The number of amides is 1. The standard InChI is InChI=1S/C37H45FN2O6/c1-5-9-27(10-6-2)40(28-15-16-30(38)24(3)19-28)35(41)22-39-21-29(26-14-18-33-34(20-26)46-23-45-33)36(37(42)43)31(39)17-13-25-11-7-8-12-32(25)44-4/h7-8,11-12,14-16,18-20,27,29,31,36H,5-6,9-10,13,17,21-23H2,1-4H3,(H,42,43). The van der Waals surface area contributed by atoms with Gasteiger partial charge in [-0.1, -0.05) is 51.0 Å². The Kier molecular flexibility index (Phi) is 10.8. The second-order valence-electron chi connectivity index (χ2n) is 12.4. The number of likely N-dealkylation sites (tertiary alicyclic amines) is 1. The maximum Gasteiger partial charge on any atom is 0.308 e. The number of aliphatic carboxylic acids is 1. The van der Waals surface area contributed by atoms with Gasteiger partial charge >= 0.3 is 5.97 Å². The Morgan fingerprint density at radius 3 is 2.48 bits per heavy atom. The first-order valence-electron chi connectivity index (χ1n) is 16.3. The summed E-state index contributed by atoms with van der Waals surface area (Å²) in [7, 11) is 1.63. The zero-order valence-electron chi connectivity index (χ0n) is 27.2. The van der Waals surface area contributed by atoms with E-state index in [-0.39, 0.29) is 37.0 Å². The first kappa shape index (κ1) is 33.3. The predicted molar refractivity (Wildman–Crippen MR) is 175 cm³/mol. The van der Waals surface area contributed by atoms with Crippen LogP contribution in [0.1, 0.15) is 68.6 Å². The molecule has 0 spiro atoms. The van der Waals surface area contributed by atoms with Gasteiger partial charge in [-0.15, -0.1) is 0 Å². The minimum atomic E-state index is -0.900. The molecule has 3 atom stereocenters. The van der Waals surface area contributed by atoms with Gasteiger partial charge in [0.15, 0.2) is 11.5 Å². The number of carbonyl (C=O) groups excluding carboxylic acids is 1. The van der Waals surface area contributed by atoms with Crippen molar-refractivity contribution in [1.29, 1.82) is 0 Å². The molecule has 0 aliphatic carbocycles. The molecule has 3 aromatic carbocycles. The van der Waals surface area contributed by atoms with Gasteiger partial charge in [-0.2, -0.15) is 0 Å². The van der Waals surface area contributed by atoms with Crippen molar-refractivity contribution in [2.45, 2.75) is 77.3 Å². The van der Waals surface area contributed by atoms with Crippen LogP contribution in [-0.4, -0.2) is 61.0 Å². The number of para-hydroxylation sites is 1. The zero-order chi connectivity index (χ0) is 32.8. The number of hydrogen-bond donors (Lipinski definition) is 1. The number of methoxy groups -OCH3 is 1. The maximum absolute atomic E-state index is 14.5. The Balaban J connectivity index is 1.50. The average molecular weight is 633 g/mol.